The van der Waals surface area contributed by atoms with Gasteiger partial charge in [0.1, 0.15) is 0 Å². The molecular formula is C23H30IN5O. The number of para-hydroxylation sites is 1. The fraction of sp³-hybridized carbons (Fsp3) is 0.304. The molecule has 0 spiro atoms. The molecule has 1 amide bonds. The number of carbonyl (C=O) groups excluding carboxylic acids is 1. The van der Waals surface area contributed by atoms with Crippen molar-refractivity contribution in [3.63, 3.8) is 0 Å². The van der Waals surface area contributed by atoms with Gasteiger partial charge in [-0.1, -0.05) is 30.3 Å². The van der Waals surface area contributed by atoms with Crippen LogP contribution in [0.15, 0.2) is 59.7 Å². The van der Waals surface area contributed by atoms with E-state index in [1.165, 1.54) is 16.5 Å². The molecule has 6 nitrogen and oxygen atoms in total. The third kappa shape index (κ3) is 6.48. The minimum absolute atomic E-state index is 0. The fourth-order valence-electron chi connectivity index (χ4n) is 3.38. The van der Waals surface area contributed by atoms with Crippen LogP contribution >= 0.6 is 24.0 Å². The van der Waals surface area contributed by atoms with Gasteiger partial charge in [0.05, 0.1) is 0 Å². The maximum atomic E-state index is 11.7. The number of fused-ring (bicyclic) bond motifs is 1. The van der Waals surface area contributed by atoms with Gasteiger partial charge in [0, 0.05) is 49.8 Å². The second-order valence-corrected chi connectivity index (χ2v) is 6.92. The molecule has 0 bridgehead atoms. The standard InChI is InChI=1S/C23H29N5O.HI/c1-24-22(29)18-8-5-7-17(15-18)12-14-27-23(25-2)26-13-6-9-19-16-28-21-11-4-3-10-20(19)21;/h3-5,7-8,10-11,15-16,28H,6,9,12-14H2,1-2H3,(H,24,29)(H2,25,26,27);1H. The summed E-state index contributed by atoms with van der Waals surface area (Å²) in [4.78, 5) is 19.4. The monoisotopic (exact) mass is 519 g/mol. The van der Waals surface area contributed by atoms with Crippen molar-refractivity contribution in [2.75, 3.05) is 27.2 Å². The molecule has 0 aliphatic rings. The van der Waals surface area contributed by atoms with Gasteiger partial charge in [-0.05, 0) is 48.6 Å². The Morgan fingerprint density at radius 1 is 1.03 bits per heavy atom. The van der Waals surface area contributed by atoms with Crippen LogP contribution in [0.1, 0.15) is 27.9 Å². The highest BCUT2D eigenvalue weighted by atomic mass is 127. The van der Waals surface area contributed by atoms with Gasteiger partial charge in [-0.3, -0.25) is 9.79 Å². The molecule has 0 aliphatic carbocycles. The van der Waals surface area contributed by atoms with E-state index in [1.807, 2.05) is 24.3 Å². The van der Waals surface area contributed by atoms with E-state index in [0.29, 0.717) is 5.56 Å². The number of benzene rings is 2. The summed E-state index contributed by atoms with van der Waals surface area (Å²) >= 11 is 0. The molecule has 0 aliphatic heterocycles. The van der Waals surface area contributed by atoms with Crippen LogP contribution in [0.3, 0.4) is 0 Å². The maximum absolute atomic E-state index is 11.7. The number of nitrogens with zero attached hydrogens (tertiary/aromatic N) is 1. The number of rotatable bonds is 8. The van der Waals surface area contributed by atoms with Crippen LogP contribution in [-0.4, -0.2) is 44.0 Å². The lowest BCUT2D eigenvalue weighted by Crippen LogP contribution is -2.38. The van der Waals surface area contributed by atoms with E-state index in [9.17, 15) is 4.79 Å². The lowest BCUT2D eigenvalue weighted by molar-refractivity contribution is 0.0963. The van der Waals surface area contributed by atoms with Gasteiger partial charge in [-0.15, -0.1) is 24.0 Å². The zero-order valence-electron chi connectivity index (χ0n) is 17.5. The van der Waals surface area contributed by atoms with Crippen molar-refractivity contribution < 1.29 is 4.79 Å². The number of carbonyl (C=O) groups is 1. The first-order valence-electron chi connectivity index (χ1n) is 10.0. The topological polar surface area (TPSA) is 81.3 Å². The molecule has 7 heteroatoms. The Morgan fingerprint density at radius 2 is 1.83 bits per heavy atom. The number of hydrogen-bond donors (Lipinski definition) is 4. The van der Waals surface area contributed by atoms with E-state index in [4.69, 9.17) is 0 Å². The zero-order valence-corrected chi connectivity index (χ0v) is 19.8. The lowest BCUT2D eigenvalue weighted by atomic mass is 10.1. The van der Waals surface area contributed by atoms with Crippen molar-refractivity contribution >= 4 is 46.7 Å². The van der Waals surface area contributed by atoms with Crippen molar-refractivity contribution in [2.24, 2.45) is 4.99 Å². The second-order valence-electron chi connectivity index (χ2n) is 6.92. The Morgan fingerprint density at radius 3 is 2.63 bits per heavy atom. The van der Waals surface area contributed by atoms with Gasteiger partial charge in [0.15, 0.2) is 5.96 Å². The summed E-state index contributed by atoms with van der Waals surface area (Å²) in [6.07, 6.45) is 4.96. The van der Waals surface area contributed by atoms with E-state index >= 15 is 0 Å². The average Bonchev–Trinajstić information content (AvgIpc) is 3.18. The molecule has 0 fully saturated rings. The number of amides is 1. The van der Waals surface area contributed by atoms with Gasteiger partial charge >= 0.3 is 0 Å². The number of aromatic nitrogens is 1. The summed E-state index contributed by atoms with van der Waals surface area (Å²) in [5.74, 6) is 0.735. The number of aryl methyl sites for hydroxylation is 1. The molecule has 0 atom stereocenters. The largest absolute Gasteiger partial charge is 0.361 e. The molecule has 3 aromatic rings. The van der Waals surface area contributed by atoms with Crippen molar-refractivity contribution in [3.05, 3.63) is 71.4 Å². The molecule has 4 N–H and O–H groups in total. The summed E-state index contributed by atoms with van der Waals surface area (Å²) < 4.78 is 0. The van der Waals surface area contributed by atoms with Crippen molar-refractivity contribution in [1.82, 2.24) is 20.9 Å². The number of aromatic amines is 1. The van der Waals surface area contributed by atoms with Crippen molar-refractivity contribution in [2.45, 2.75) is 19.3 Å². The van der Waals surface area contributed by atoms with Gasteiger partial charge in [-0.2, -0.15) is 0 Å². The molecule has 1 aromatic heterocycles. The van der Waals surface area contributed by atoms with Gasteiger partial charge in [-0.25, -0.2) is 0 Å². The SMILES string of the molecule is CN=C(NCCCc1c[nH]c2ccccc12)NCCc1cccc(C(=O)NC)c1.I. The highest BCUT2D eigenvalue weighted by Gasteiger charge is 2.05. The van der Waals surface area contributed by atoms with Crippen LogP contribution in [-0.2, 0) is 12.8 Å². The van der Waals surface area contributed by atoms with Crippen molar-refractivity contribution in [1.29, 1.82) is 0 Å². The smallest absolute Gasteiger partial charge is 0.251 e. The minimum atomic E-state index is -0.0625. The van der Waals surface area contributed by atoms with E-state index in [1.54, 1.807) is 14.1 Å². The summed E-state index contributed by atoms with van der Waals surface area (Å²) in [5.41, 5.74) is 4.34. The van der Waals surface area contributed by atoms with E-state index in [-0.39, 0.29) is 29.9 Å². The zero-order chi connectivity index (χ0) is 20.5. The van der Waals surface area contributed by atoms with E-state index in [0.717, 1.165) is 43.9 Å². The number of halogens is 1. The molecule has 2 aromatic carbocycles. The van der Waals surface area contributed by atoms with E-state index in [2.05, 4.69) is 56.4 Å². The fourth-order valence-corrected chi connectivity index (χ4v) is 3.38. The van der Waals surface area contributed by atoms with Gasteiger partial charge < -0.3 is 20.9 Å². The summed E-state index contributed by atoms with van der Waals surface area (Å²) in [6, 6.07) is 16.1. The van der Waals surface area contributed by atoms with Gasteiger partial charge in [0.2, 0.25) is 0 Å². The van der Waals surface area contributed by atoms with Crippen LogP contribution < -0.4 is 16.0 Å². The molecular weight excluding hydrogens is 489 g/mol. The predicted octanol–water partition coefficient (Wildman–Crippen LogP) is 3.49. The first kappa shape index (κ1) is 23.7. The summed E-state index contributed by atoms with van der Waals surface area (Å²) in [7, 11) is 3.42. The molecule has 1 heterocycles. The molecule has 0 saturated carbocycles. The van der Waals surface area contributed by atoms with Crippen LogP contribution in [0.2, 0.25) is 0 Å². The first-order valence-corrected chi connectivity index (χ1v) is 10.0. The molecule has 0 saturated heterocycles. The van der Waals surface area contributed by atoms with E-state index < -0.39 is 0 Å². The van der Waals surface area contributed by atoms with Crippen LogP contribution in [0.4, 0.5) is 0 Å². The third-order valence-electron chi connectivity index (χ3n) is 4.94. The number of guanidine groups is 1. The highest BCUT2D eigenvalue weighted by molar-refractivity contribution is 14.0. The third-order valence-corrected chi connectivity index (χ3v) is 4.94. The van der Waals surface area contributed by atoms with Crippen LogP contribution in [0, 0.1) is 0 Å². The maximum Gasteiger partial charge on any atom is 0.251 e. The van der Waals surface area contributed by atoms with Gasteiger partial charge in [0.25, 0.3) is 5.91 Å². The minimum Gasteiger partial charge on any atom is -0.361 e. The number of H-pyrrole nitrogens is 1. The first-order chi connectivity index (χ1) is 14.2. The van der Waals surface area contributed by atoms with Crippen LogP contribution in [0.5, 0.6) is 0 Å². The molecule has 3 rings (SSSR count). The average molecular weight is 519 g/mol. The quantitative estimate of drug-likeness (QED) is 0.159. The number of hydrogen-bond acceptors (Lipinski definition) is 2. The van der Waals surface area contributed by atoms with Crippen molar-refractivity contribution in [3.8, 4) is 0 Å². The molecule has 30 heavy (non-hydrogen) atoms. The summed E-state index contributed by atoms with van der Waals surface area (Å²) in [6.45, 7) is 1.60. The lowest BCUT2D eigenvalue weighted by Gasteiger charge is -2.12. The Hall–Kier alpha value is -2.55. The highest BCUT2D eigenvalue weighted by Crippen LogP contribution is 2.18. The second kappa shape index (κ2) is 12.2. The van der Waals surface area contributed by atoms with Crippen LogP contribution in [0.25, 0.3) is 10.9 Å². The summed E-state index contributed by atoms with van der Waals surface area (Å²) in [5, 5.41) is 10.7. The Kier molecular flexibility index (Phi) is 9.66. The normalized spacial score (nSPS) is 11.1. The predicted molar refractivity (Wildman–Crippen MR) is 135 cm³/mol. The number of aliphatic imine (C=N–C) groups is 1. The molecule has 0 radical (unpaired) electrons. The Labute approximate surface area is 195 Å². The molecule has 160 valence electrons. The Bertz CT molecular complexity index is 982. The Balaban J connectivity index is 0.00000320. The molecule has 0 unspecified atom stereocenters. The number of nitrogens with one attached hydrogen (secondary N) is 4.